The molecule has 2 heterocycles. The number of aromatic amines is 1. The molecular weight excluding hydrogens is 354 g/mol. The van der Waals surface area contributed by atoms with Gasteiger partial charge in [0, 0.05) is 36.3 Å². The number of aliphatic hydroxyl groups is 1. The van der Waals surface area contributed by atoms with Crippen molar-refractivity contribution in [3.8, 4) is 22.8 Å². The summed E-state index contributed by atoms with van der Waals surface area (Å²) in [6.07, 6.45) is 3.16. The van der Waals surface area contributed by atoms with Gasteiger partial charge in [0.2, 0.25) is 0 Å². The number of nitrogens with zero attached hydrogens (tertiary/aromatic N) is 2. The second-order valence-electron chi connectivity index (χ2n) is 7.33. The zero-order valence-corrected chi connectivity index (χ0v) is 15.9. The Balaban J connectivity index is 1.46. The Morgan fingerprint density at radius 3 is 2.54 bits per heavy atom. The zero-order valence-electron chi connectivity index (χ0n) is 15.9. The Bertz CT molecular complexity index is 928. The monoisotopic (exact) mass is 379 g/mol. The van der Waals surface area contributed by atoms with Crippen LogP contribution in [0.2, 0.25) is 0 Å². The van der Waals surface area contributed by atoms with E-state index >= 15 is 0 Å². The number of phenols is 1. The van der Waals surface area contributed by atoms with Gasteiger partial charge in [-0.15, -0.1) is 0 Å². The van der Waals surface area contributed by atoms with E-state index in [1.54, 1.807) is 19.2 Å². The van der Waals surface area contributed by atoms with Crippen molar-refractivity contribution in [1.82, 2.24) is 15.1 Å². The van der Waals surface area contributed by atoms with Crippen LogP contribution in [0.3, 0.4) is 0 Å². The maximum Gasteiger partial charge on any atom is 0.124 e. The minimum Gasteiger partial charge on any atom is -0.508 e. The topological polar surface area (TPSA) is 81.6 Å². The molecule has 0 atom stereocenters. The number of aromatic hydroxyl groups is 1. The molecule has 0 unspecified atom stereocenters. The SMILES string of the molecule is COc1ccccc1C1(O)CCN(Cc2cn[nH]c2-c2ccc(O)cc2)CC1. The number of H-pyrrole nitrogens is 1. The molecule has 0 bridgehead atoms. The molecule has 2 aromatic carbocycles. The second kappa shape index (κ2) is 7.66. The van der Waals surface area contributed by atoms with E-state index in [9.17, 15) is 10.2 Å². The third kappa shape index (κ3) is 3.61. The molecule has 0 amide bonds. The predicted octanol–water partition coefficient (Wildman–Crippen LogP) is 3.27. The average molecular weight is 379 g/mol. The van der Waals surface area contributed by atoms with Crippen molar-refractivity contribution in [2.24, 2.45) is 0 Å². The van der Waals surface area contributed by atoms with Crippen molar-refractivity contribution in [2.75, 3.05) is 20.2 Å². The van der Waals surface area contributed by atoms with E-state index < -0.39 is 5.60 Å². The normalized spacial score (nSPS) is 16.8. The predicted molar refractivity (Wildman–Crippen MR) is 107 cm³/mol. The Morgan fingerprint density at radius 2 is 1.82 bits per heavy atom. The molecule has 146 valence electrons. The summed E-state index contributed by atoms with van der Waals surface area (Å²) in [5, 5.41) is 28.0. The fourth-order valence-corrected chi connectivity index (χ4v) is 3.93. The van der Waals surface area contributed by atoms with Crippen LogP contribution in [0.5, 0.6) is 11.5 Å². The van der Waals surface area contributed by atoms with E-state index in [0.717, 1.165) is 47.8 Å². The summed E-state index contributed by atoms with van der Waals surface area (Å²) in [7, 11) is 1.64. The van der Waals surface area contributed by atoms with Gasteiger partial charge in [-0.1, -0.05) is 18.2 Å². The molecule has 3 N–H and O–H groups in total. The van der Waals surface area contributed by atoms with Crippen molar-refractivity contribution in [3.05, 3.63) is 65.9 Å². The van der Waals surface area contributed by atoms with Gasteiger partial charge in [-0.05, 0) is 43.2 Å². The lowest BCUT2D eigenvalue weighted by Gasteiger charge is -2.39. The van der Waals surface area contributed by atoms with E-state index in [4.69, 9.17) is 4.74 Å². The average Bonchev–Trinajstić information content (AvgIpc) is 3.18. The molecule has 0 saturated carbocycles. The summed E-state index contributed by atoms with van der Waals surface area (Å²) in [6.45, 7) is 2.33. The lowest BCUT2D eigenvalue weighted by Crippen LogP contribution is -2.42. The van der Waals surface area contributed by atoms with E-state index in [0.29, 0.717) is 12.8 Å². The van der Waals surface area contributed by atoms with Crippen molar-refractivity contribution < 1.29 is 14.9 Å². The first-order valence-electron chi connectivity index (χ1n) is 9.49. The minimum atomic E-state index is -0.862. The maximum absolute atomic E-state index is 11.2. The molecule has 1 aliphatic heterocycles. The smallest absolute Gasteiger partial charge is 0.124 e. The molecule has 1 aromatic heterocycles. The summed E-state index contributed by atoms with van der Waals surface area (Å²) in [6, 6.07) is 14.8. The number of likely N-dealkylation sites (tertiary alicyclic amines) is 1. The number of piperidine rings is 1. The van der Waals surface area contributed by atoms with Gasteiger partial charge in [0.1, 0.15) is 11.5 Å². The third-order valence-electron chi connectivity index (χ3n) is 5.56. The first kappa shape index (κ1) is 18.5. The van der Waals surface area contributed by atoms with Crippen molar-refractivity contribution in [1.29, 1.82) is 0 Å². The number of phenolic OH excluding ortho intramolecular Hbond substituents is 1. The van der Waals surface area contributed by atoms with Crippen LogP contribution >= 0.6 is 0 Å². The van der Waals surface area contributed by atoms with Crippen LogP contribution in [0.25, 0.3) is 11.3 Å². The number of ether oxygens (including phenoxy) is 1. The van der Waals surface area contributed by atoms with Gasteiger partial charge in [-0.25, -0.2) is 0 Å². The van der Waals surface area contributed by atoms with Crippen LogP contribution in [0.1, 0.15) is 24.0 Å². The van der Waals surface area contributed by atoms with Crippen LogP contribution in [0.15, 0.2) is 54.7 Å². The highest BCUT2D eigenvalue weighted by molar-refractivity contribution is 5.63. The molecule has 1 saturated heterocycles. The molecular formula is C22H25N3O3. The highest BCUT2D eigenvalue weighted by atomic mass is 16.5. The number of rotatable bonds is 5. The molecule has 6 heteroatoms. The summed E-state index contributed by atoms with van der Waals surface area (Å²) in [4.78, 5) is 2.33. The van der Waals surface area contributed by atoms with Crippen LogP contribution in [-0.4, -0.2) is 45.5 Å². The largest absolute Gasteiger partial charge is 0.508 e. The molecule has 1 fully saturated rings. The molecule has 0 aliphatic carbocycles. The number of nitrogens with one attached hydrogen (secondary N) is 1. The minimum absolute atomic E-state index is 0.247. The summed E-state index contributed by atoms with van der Waals surface area (Å²) in [5.41, 5.74) is 3.07. The van der Waals surface area contributed by atoms with Gasteiger partial charge in [-0.2, -0.15) is 5.10 Å². The highest BCUT2D eigenvalue weighted by Gasteiger charge is 2.36. The first-order chi connectivity index (χ1) is 13.6. The van der Waals surface area contributed by atoms with Crippen LogP contribution in [-0.2, 0) is 12.1 Å². The van der Waals surface area contributed by atoms with Crippen molar-refractivity contribution in [2.45, 2.75) is 25.0 Å². The van der Waals surface area contributed by atoms with E-state index in [1.165, 1.54) is 0 Å². The quantitative estimate of drug-likeness (QED) is 0.634. The lowest BCUT2D eigenvalue weighted by atomic mass is 9.83. The van der Waals surface area contributed by atoms with Crippen molar-refractivity contribution in [3.63, 3.8) is 0 Å². The summed E-state index contributed by atoms with van der Waals surface area (Å²) < 4.78 is 5.45. The van der Waals surface area contributed by atoms with Crippen LogP contribution in [0, 0.1) is 0 Å². The number of hydrogen-bond donors (Lipinski definition) is 3. The van der Waals surface area contributed by atoms with Gasteiger partial charge in [0.25, 0.3) is 0 Å². The summed E-state index contributed by atoms with van der Waals surface area (Å²) in [5.74, 6) is 0.986. The summed E-state index contributed by atoms with van der Waals surface area (Å²) >= 11 is 0. The third-order valence-corrected chi connectivity index (χ3v) is 5.56. The Labute approximate surface area is 164 Å². The molecule has 6 nitrogen and oxygen atoms in total. The van der Waals surface area contributed by atoms with Crippen LogP contribution < -0.4 is 4.74 Å². The fraction of sp³-hybridized carbons (Fsp3) is 0.318. The number of hydrogen-bond acceptors (Lipinski definition) is 5. The van der Waals surface area contributed by atoms with Crippen LogP contribution in [0.4, 0.5) is 0 Å². The maximum atomic E-state index is 11.2. The number of aromatic nitrogens is 2. The number of para-hydroxylation sites is 1. The molecule has 3 aromatic rings. The zero-order chi connectivity index (χ0) is 19.6. The van der Waals surface area contributed by atoms with E-state index in [-0.39, 0.29) is 5.75 Å². The van der Waals surface area contributed by atoms with E-state index in [2.05, 4.69) is 15.1 Å². The van der Waals surface area contributed by atoms with E-state index in [1.807, 2.05) is 42.6 Å². The van der Waals surface area contributed by atoms with Gasteiger partial charge in [0.15, 0.2) is 0 Å². The second-order valence-corrected chi connectivity index (χ2v) is 7.33. The lowest BCUT2D eigenvalue weighted by molar-refractivity contribution is -0.0292. The van der Waals surface area contributed by atoms with Crippen molar-refractivity contribution >= 4 is 0 Å². The molecule has 28 heavy (non-hydrogen) atoms. The highest BCUT2D eigenvalue weighted by Crippen LogP contribution is 2.38. The Morgan fingerprint density at radius 1 is 1.11 bits per heavy atom. The fourth-order valence-electron chi connectivity index (χ4n) is 3.93. The standard InChI is InChI=1S/C22H25N3O3/c1-28-20-5-3-2-4-19(20)22(27)10-12-25(13-11-22)15-17-14-23-24-21(17)16-6-8-18(26)9-7-16/h2-9,14,26-27H,10-13,15H2,1H3,(H,23,24). The molecule has 1 aliphatic rings. The van der Waals surface area contributed by atoms with Gasteiger partial charge in [0.05, 0.1) is 24.6 Å². The first-order valence-corrected chi connectivity index (χ1v) is 9.49. The number of methoxy groups -OCH3 is 1. The Kier molecular flexibility index (Phi) is 5.07. The molecule has 0 radical (unpaired) electrons. The van der Waals surface area contributed by atoms with Gasteiger partial charge in [-0.3, -0.25) is 10.00 Å². The molecule has 4 rings (SSSR count). The van der Waals surface area contributed by atoms with Gasteiger partial charge >= 0.3 is 0 Å². The molecule has 0 spiro atoms. The number of benzene rings is 2. The van der Waals surface area contributed by atoms with Gasteiger partial charge < -0.3 is 14.9 Å². The Hall–Kier alpha value is -2.83.